The molecule has 6 heteroatoms. The van der Waals surface area contributed by atoms with Crippen molar-refractivity contribution in [2.24, 2.45) is 12.8 Å². The van der Waals surface area contributed by atoms with Gasteiger partial charge in [0.2, 0.25) is 0 Å². The Kier molecular flexibility index (Phi) is 3.31. The fourth-order valence-electron chi connectivity index (χ4n) is 1.41. The van der Waals surface area contributed by atoms with E-state index in [2.05, 4.69) is 5.10 Å². The van der Waals surface area contributed by atoms with Gasteiger partial charge in [-0.25, -0.2) is 0 Å². The lowest BCUT2D eigenvalue weighted by Gasteiger charge is -2.09. The maximum atomic E-state index is 6.03. The van der Waals surface area contributed by atoms with E-state index in [1.807, 2.05) is 0 Å². The van der Waals surface area contributed by atoms with Crippen molar-refractivity contribution in [3.63, 3.8) is 0 Å². The Labute approximate surface area is 109 Å². The SMILES string of the molecule is Cn1cc(Oc2cccc(Cl)c2C(N)=S)cn1. The molecule has 0 unspecified atom stereocenters. The average molecular weight is 268 g/mol. The Morgan fingerprint density at radius 1 is 1.53 bits per heavy atom. The highest BCUT2D eigenvalue weighted by Crippen LogP contribution is 2.29. The monoisotopic (exact) mass is 267 g/mol. The summed E-state index contributed by atoms with van der Waals surface area (Å²) in [6.07, 6.45) is 3.34. The largest absolute Gasteiger partial charge is 0.453 e. The van der Waals surface area contributed by atoms with Crippen molar-refractivity contribution in [2.75, 3.05) is 0 Å². The van der Waals surface area contributed by atoms with Crippen LogP contribution in [-0.4, -0.2) is 14.8 Å². The number of hydrogen-bond donors (Lipinski definition) is 1. The number of halogens is 1. The molecule has 0 saturated carbocycles. The molecule has 1 aromatic carbocycles. The van der Waals surface area contributed by atoms with Gasteiger partial charge < -0.3 is 10.5 Å². The van der Waals surface area contributed by atoms with Crippen molar-refractivity contribution >= 4 is 28.8 Å². The number of ether oxygens (including phenoxy) is 1. The number of benzene rings is 1. The predicted molar refractivity (Wildman–Crippen MR) is 70.6 cm³/mol. The Balaban J connectivity index is 2.39. The summed E-state index contributed by atoms with van der Waals surface area (Å²) in [7, 11) is 1.80. The number of thiocarbonyl (C=S) groups is 1. The highest BCUT2D eigenvalue weighted by atomic mass is 35.5. The first-order valence-electron chi connectivity index (χ1n) is 4.83. The van der Waals surface area contributed by atoms with Crippen LogP contribution in [0.1, 0.15) is 5.56 Å². The van der Waals surface area contributed by atoms with Gasteiger partial charge in [-0.3, -0.25) is 4.68 Å². The van der Waals surface area contributed by atoms with Crippen LogP contribution < -0.4 is 10.5 Å². The maximum absolute atomic E-state index is 6.03. The molecule has 2 rings (SSSR count). The summed E-state index contributed by atoms with van der Waals surface area (Å²) < 4.78 is 7.28. The van der Waals surface area contributed by atoms with Crippen molar-refractivity contribution in [3.8, 4) is 11.5 Å². The van der Waals surface area contributed by atoms with Crippen LogP contribution in [0.25, 0.3) is 0 Å². The van der Waals surface area contributed by atoms with Crippen LogP contribution in [0.3, 0.4) is 0 Å². The van der Waals surface area contributed by atoms with Gasteiger partial charge >= 0.3 is 0 Å². The second kappa shape index (κ2) is 4.73. The molecular formula is C11H10ClN3OS. The molecule has 1 aromatic heterocycles. The first-order chi connectivity index (χ1) is 8.08. The minimum absolute atomic E-state index is 0.203. The van der Waals surface area contributed by atoms with Gasteiger partial charge in [0.05, 0.1) is 23.0 Å². The number of nitrogens with two attached hydrogens (primary N) is 1. The molecule has 17 heavy (non-hydrogen) atoms. The third kappa shape index (κ3) is 2.57. The second-order valence-corrected chi connectivity index (χ2v) is 4.28. The van der Waals surface area contributed by atoms with E-state index in [-0.39, 0.29) is 4.99 Å². The number of nitrogens with zero attached hydrogens (tertiary/aromatic N) is 2. The minimum Gasteiger partial charge on any atom is -0.453 e. The topological polar surface area (TPSA) is 53.1 Å². The maximum Gasteiger partial charge on any atom is 0.165 e. The predicted octanol–water partition coefficient (Wildman–Crippen LogP) is 2.50. The van der Waals surface area contributed by atoms with E-state index in [9.17, 15) is 0 Å². The molecule has 1 heterocycles. The van der Waals surface area contributed by atoms with E-state index < -0.39 is 0 Å². The Hall–Kier alpha value is -1.59. The summed E-state index contributed by atoms with van der Waals surface area (Å²) in [5, 5.41) is 4.48. The quantitative estimate of drug-likeness (QED) is 0.868. The minimum atomic E-state index is 0.203. The van der Waals surface area contributed by atoms with Crippen molar-refractivity contribution < 1.29 is 4.74 Å². The van der Waals surface area contributed by atoms with E-state index in [1.165, 1.54) is 0 Å². The van der Waals surface area contributed by atoms with Crippen LogP contribution in [0, 0.1) is 0 Å². The molecule has 0 spiro atoms. The average Bonchev–Trinajstić information content (AvgIpc) is 2.63. The Bertz CT molecular complexity index is 568. The van der Waals surface area contributed by atoms with Gasteiger partial charge in [0.25, 0.3) is 0 Å². The molecule has 0 bridgehead atoms. The first-order valence-corrected chi connectivity index (χ1v) is 5.61. The smallest absolute Gasteiger partial charge is 0.165 e. The lowest BCUT2D eigenvalue weighted by Crippen LogP contribution is -2.11. The van der Waals surface area contributed by atoms with Crippen molar-refractivity contribution in [1.82, 2.24) is 9.78 Å². The molecule has 88 valence electrons. The number of aromatic nitrogens is 2. The summed E-state index contributed by atoms with van der Waals surface area (Å²) >= 11 is 11.0. The van der Waals surface area contributed by atoms with Crippen LogP contribution in [0.4, 0.5) is 0 Å². The third-order valence-corrected chi connectivity index (χ3v) is 2.65. The van der Waals surface area contributed by atoms with Gasteiger partial charge in [-0.1, -0.05) is 29.9 Å². The zero-order chi connectivity index (χ0) is 12.4. The molecule has 2 aromatic rings. The molecule has 0 aliphatic rings. The van der Waals surface area contributed by atoms with E-state index in [0.717, 1.165) is 0 Å². The summed E-state index contributed by atoms with van der Waals surface area (Å²) in [6, 6.07) is 5.25. The van der Waals surface area contributed by atoms with E-state index in [0.29, 0.717) is 22.1 Å². The standard InChI is InChI=1S/C11H10ClN3OS/c1-15-6-7(5-14-15)16-9-4-2-3-8(12)10(9)11(13)17/h2-6H,1H3,(H2,13,17). The molecule has 0 radical (unpaired) electrons. The molecule has 0 saturated heterocycles. The molecule has 0 aliphatic carbocycles. The van der Waals surface area contributed by atoms with Gasteiger partial charge in [0.15, 0.2) is 5.75 Å². The Morgan fingerprint density at radius 3 is 2.88 bits per heavy atom. The van der Waals surface area contributed by atoms with Crippen LogP contribution in [0.15, 0.2) is 30.6 Å². The van der Waals surface area contributed by atoms with Crippen LogP contribution >= 0.6 is 23.8 Å². The van der Waals surface area contributed by atoms with E-state index in [1.54, 1.807) is 42.3 Å². The highest BCUT2D eigenvalue weighted by molar-refractivity contribution is 7.80. The van der Waals surface area contributed by atoms with Gasteiger partial charge in [-0.15, -0.1) is 0 Å². The lowest BCUT2D eigenvalue weighted by atomic mass is 10.2. The lowest BCUT2D eigenvalue weighted by molar-refractivity contribution is 0.481. The van der Waals surface area contributed by atoms with Crippen molar-refractivity contribution in [1.29, 1.82) is 0 Å². The van der Waals surface area contributed by atoms with Gasteiger partial charge in [-0.05, 0) is 12.1 Å². The summed E-state index contributed by atoms with van der Waals surface area (Å²) in [5.41, 5.74) is 6.16. The number of rotatable bonds is 3. The summed E-state index contributed by atoms with van der Waals surface area (Å²) in [4.78, 5) is 0.203. The highest BCUT2D eigenvalue weighted by Gasteiger charge is 2.12. The molecule has 0 atom stereocenters. The van der Waals surface area contributed by atoms with Gasteiger partial charge in [-0.2, -0.15) is 5.10 Å². The van der Waals surface area contributed by atoms with Crippen molar-refractivity contribution in [3.05, 3.63) is 41.2 Å². The number of aryl methyl sites for hydroxylation is 1. The van der Waals surface area contributed by atoms with Crippen LogP contribution in [0.5, 0.6) is 11.5 Å². The van der Waals surface area contributed by atoms with Crippen LogP contribution in [0.2, 0.25) is 5.02 Å². The second-order valence-electron chi connectivity index (χ2n) is 3.43. The summed E-state index contributed by atoms with van der Waals surface area (Å²) in [6.45, 7) is 0. The number of hydrogen-bond acceptors (Lipinski definition) is 3. The third-order valence-electron chi connectivity index (χ3n) is 2.13. The van der Waals surface area contributed by atoms with E-state index >= 15 is 0 Å². The van der Waals surface area contributed by atoms with Gasteiger partial charge in [0, 0.05) is 7.05 Å². The molecule has 4 nitrogen and oxygen atoms in total. The first kappa shape index (κ1) is 11.9. The van der Waals surface area contributed by atoms with E-state index in [4.69, 9.17) is 34.3 Å². The summed E-state index contributed by atoms with van der Waals surface area (Å²) in [5.74, 6) is 1.13. The normalized spacial score (nSPS) is 10.2. The van der Waals surface area contributed by atoms with Gasteiger partial charge in [0.1, 0.15) is 10.7 Å². The zero-order valence-corrected chi connectivity index (χ0v) is 10.6. The molecule has 0 fully saturated rings. The zero-order valence-electron chi connectivity index (χ0n) is 9.05. The molecule has 2 N–H and O–H groups in total. The molecular weight excluding hydrogens is 258 g/mol. The molecule has 0 amide bonds. The fraction of sp³-hybridized carbons (Fsp3) is 0.0909. The molecule has 0 aliphatic heterocycles. The van der Waals surface area contributed by atoms with Crippen LogP contribution in [-0.2, 0) is 7.05 Å². The van der Waals surface area contributed by atoms with Crippen molar-refractivity contribution in [2.45, 2.75) is 0 Å². The fourth-order valence-corrected chi connectivity index (χ4v) is 1.94. The Morgan fingerprint density at radius 2 is 2.29 bits per heavy atom.